The second-order valence-corrected chi connectivity index (χ2v) is 7.88. The number of alkyl halides is 3. The Bertz CT molecular complexity index is 637. The van der Waals surface area contributed by atoms with Crippen molar-refractivity contribution in [3.8, 4) is 0 Å². The van der Waals surface area contributed by atoms with Gasteiger partial charge in [-0.3, -0.25) is 9.48 Å². The van der Waals surface area contributed by atoms with Crippen molar-refractivity contribution in [3.63, 3.8) is 0 Å². The van der Waals surface area contributed by atoms with Crippen LogP contribution >= 0.6 is 0 Å². The molecule has 7 heteroatoms. The van der Waals surface area contributed by atoms with Crippen molar-refractivity contribution < 1.29 is 18.0 Å². The minimum absolute atomic E-state index is 0.0303. The van der Waals surface area contributed by atoms with Crippen LogP contribution in [0.1, 0.15) is 48.9 Å². The maximum absolute atomic E-state index is 13.7. The molecule has 1 heterocycles. The molecule has 0 aliphatic heterocycles. The van der Waals surface area contributed by atoms with Gasteiger partial charge in [-0.1, -0.05) is 0 Å². The smallest absolute Gasteiger partial charge is 0.346 e. The molecule has 4 saturated carbocycles. The van der Waals surface area contributed by atoms with Crippen LogP contribution in [0.2, 0.25) is 0 Å². The lowest BCUT2D eigenvalue weighted by Gasteiger charge is -2.62. The Morgan fingerprint density at radius 2 is 1.96 bits per heavy atom. The molecule has 2 unspecified atom stereocenters. The average Bonchev–Trinajstić information content (AvgIpc) is 2.82. The molecule has 1 N–H and O–H groups in total. The second-order valence-electron chi connectivity index (χ2n) is 7.88. The van der Waals surface area contributed by atoms with Crippen LogP contribution in [-0.2, 0) is 7.05 Å². The van der Waals surface area contributed by atoms with Gasteiger partial charge in [-0.25, -0.2) is 0 Å². The molecule has 4 bridgehead atoms. The molecule has 0 aromatic carbocycles. The number of rotatable bonds is 2. The molecule has 126 valence electrons. The molecule has 4 aliphatic carbocycles. The number of hydrogen-bond donors (Lipinski definition) is 1. The first-order valence-corrected chi connectivity index (χ1v) is 8.08. The molecule has 0 saturated heterocycles. The maximum Gasteiger partial charge on any atom is 0.394 e. The van der Waals surface area contributed by atoms with E-state index in [0.717, 1.165) is 6.42 Å². The molecule has 0 radical (unpaired) electrons. The minimum Gasteiger partial charge on any atom is -0.346 e. The number of carbonyl (C=O) groups is 1. The van der Waals surface area contributed by atoms with Crippen molar-refractivity contribution in [2.45, 2.75) is 50.2 Å². The van der Waals surface area contributed by atoms with Crippen LogP contribution in [0.5, 0.6) is 0 Å². The van der Waals surface area contributed by atoms with E-state index in [1.54, 1.807) is 13.2 Å². The van der Waals surface area contributed by atoms with Gasteiger partial charge in [-0.2, -0.15) is 18.3 Å². The summed E-state index contributed by atoms with van der Waals surface area (Å²) in [6.07, 6.45) is 1.58. The molecule has 4 nitrogen and oxygen atoms in total. The normalized spacial score (nSPS) is 38.8. The first kappa shape index (κ1) is 15.0. The standard InChI is InChI=1S/C16H20F3N3O/c1-22-8-12(7-20-22)13(23)21-15-5-10-2-11(6-15)4-14(3-10,9-15)16(17,18)19/h7-8,10-11H,2-6,9H2,1H3,(H,21,23). The third-order valence-electron chi connectivity index (χ3n) is 6.01. The van der Waals surface area contributed by atoms with Gasteiger partial charge in [0.25, 0.3) is 5.91 Å². The number of aryl methyl sites for hydroxylation is 1. The van der Waals surface area contributed by atoms with Crippen molar-refractivity contribution in [1.29, 1.82) is 0 Å². The van der Waals surface area contributed by atoms with Gasteiger partial charge in [0, 0.05) is 18.8 Å². The zero-order valence-corrected chi connectivity index (χ0v) is 13.0. The topological polar surface area (TPSA) is 46.9 Å². The highest BCUT2D eigenvalue weighted by atomic mass is 19.4. The Kier molecular flexibility index (Phi) is 2.95. The number of hydrogen-bond acceptors (Lipinski definition) is 2. The molecular weight excluding hydrogens is 307 g/mol. The van der Waals surface area contributed by atoms with Gasteiger partial charge in [0.05, 0.1) is 17.2 Å². The van der Waals surface area contributed by atoms with Crippen LogP contribution in [0.4, 0.5) is 13.2 Å². The molecule has 1 aromatic rings. The quantitative estimate of drug-likeness (QED) is 0.907. The van der Waals surface area contributed by atoms with E-state index < -0.39 is 17.1 Å². The number of amides is 1. The SMILES string of the molecule is Cn1cc(C(=O)NC23CC4CC(C2)CC(C(F)(F)F)(C4)C3)cn1. The molecular formula is C16H20F3N3O. The number of nitrogens with zero attached hydrogens (tertiary/aromatic N) is 2. The number of aromatic nitrogens is 2. The predicted octanol–water partition coefficient (Wildman–Crippen LogP) is 3.05. The number of carbonyl (C=O) groups excluding carboxylic acids is 1. The molecule has 4 aliphatic rings. The van der Waals surface area contributed by atoms with Gasteiger partial charge in [0.1, 0.15) is 0 Å². The van der Waals surface area contributed by atoms with E-state index in [9.17, 15) is 18.0 Å². The van der Waals surface area contributed by atoms with Crippen LogP contribution in [0.25, 0.3) is 0 Å². The fourth-order valence-corrected chi connectivity index (χ4v) is 5.59. The van der Waals surface area contributed by atoms with Crippen molar-refractivity contribution in [2.75, 3.05) is 0 Å². The van der Waals surface area contributed by atoms with E-state index in [1.165, 1.54) is 10.9 Å². The fraction of sp³-hybridized carbons (Fsp3) is 0.750. The van der Waals surface area contributed by atoms with Gasteiger partial charge in [0.2, 0.25) is 0 Å². The summed E-state index contributed by atoms with van der Waals surface area (Å²) in [6, 6.07) is 0. The van der Waals surface area contributed by atoms with E-state index in [0.29, 0.717) is 18.4 Å². The molecule has 2 atom stereocenters. The van der Waals surface area contributed by atoms with Crippen molar-refractivity contribution in [3.05, 3.63) is 18.0 Å². The summed E-state index contributed by atoms with van der Waals surface area (Å²) in [7, 11) is 1.71. The third-order valence-corrected chi connectivity index (χ3v) is 6.01. The van der Waals surface area contributed by atoms with Crippen LogP contribution in [0.3, 0.4) is 0 Å². The van der Waals surface area contributed by atoms with Gasteiger partial charge < -0.3 is 5.32 Å². The van der Waals surface area contributed by atoms with Gasteiger partial charge in [-0.15, -0.1) is 0 Å². The summed E-state index contributed by atoms with van der Waals surface area (Å²) >= 11 is 0. The van der Waals surface area contributed by atoms with Crippen LogP contribution in [0.15, 0.2) is 12.4 Å². The van der Waals surface area contributed by atoms with Gasteiger partial charge >= 0.3 is 6.18 Å². The van der Waals surface area contributed by atoms with Crippen molar-refractivity contribution in [1.82, 2.24) is 15.1 Å². The zero-order chi connectivity index (χ0) is 16.5. The van der Waals surface area contributed by atoms with E-state index in [1.807, 2.05) is 0 Å². The average molecular weight is 327 g/mol. The molecule has 23 heavy (non-hydrogen) atoms. The Balaban J connectivity index is 1.62. The lowest BCUT2D eigenvalue weighted by Crippen LogP contribution is -2.66. The third kappa shape index (κ3) is 2.27. The van der Waals surface area contributed by atoms with E-state index >= 15 is 0 Å². The number of nitrogens with one attached hydrogen (secondary N) is 1. The highest BCUT2D eigenvalue weighted by Gasteiger charge is 2.67. The first-order valence-electron chi connectivity index (χ1n) is 8.08. The maximum atomic E-state index is 13.7. The molecule has 5 rings (SSSR count). The molecule has 1 aromatic heterocycles. The highest BCUT2D eigenvalue weighted by molar-refractivity contribution is 5.94. The Hall–Kier alpha value is -1.53. The molecule has 1 amide bonds. The second kappa shape index (κ2) is 4.51. The van der Waals surface area contributed by atoms with Crippen LogP contribution in [0, 0.1) is 17.3 Å². The van der Waals surface area contributed by atoms with Crippen molar-refractivity contribution in [2.24, 2.45) is 24.3 Å². The number of halogens is 3. The predicted molar refractivity (Wildman–Crippen MR) is 76.6 cm³/mol. The van der Waals surface area contributed by atoms with Crippen molar-refractivity contribution >= 4 is 5.91 Å². The van der Waals surface area contributed by atoms with E-state index in [-0.39, 0.29) is 37.0 Å². The summed E-state index contributed by atoms with van der Waals surface area (Å²) in [5, 5.41) is 6.92. The fourth-order valence-electron chi connectivity index (χ4n) is 5.59. The first-order chi connectivity index (χ1) is 10.7. The Morgan fingerprint density at radius 1 is 1.30 bits per heavy atom. The van der Waals surface area contributed by atoms with E-state index in [4.69, 9.17) is 0 Å². The molecule has 4 fully saturated rings. The Labute approximate surface area is 132 Å². The van der Waals surface area contributed by atoms with Crippen LogP contribution in [-0.4, -0.2) is 27.4 Å². The minimum atomic E-state index is -4.19. The summed E-state index contributed by atoms with van der Waals surface area (Å²) in [5.41, 5.74) is -1.89. The largest absolute Gasteiger partial charge is 0.394 e. The van der Waals surface area contributed by atoms with Crippen LogP contribution < -0.4 is 5.32 Å². The lowest BCUT2D eigenvalue weighted by molar-refractivity contribution is -0.277. The van der Waals surface area contributed by atoms with Gasteiger partial charge in [-0.05, 0) is 50.4 Å². The monoisotopic (exact) mass is 327 g/mol. The summed E-state index contributed by atoms with van der Waals surface area (Å²) < 4.78 is 42.6. The Morgan fingerprint density at radius 3 is 2.48 bits per heavy atom. The highest BCUT2D eigenvalue weighted by Crippen LogP contribution is 2.66. The summed E-state index contributed by atoms with van der Waals surface area (Å²) in [5.74, 6) is -0.156. The lowest BCUT2D eigenvalue weighted by atomic mass is 9.46. The summed E-state index contributed by atoms with van der Waals surface area (Å²) in [4.78, 5) is 12.5. The zero-order valence-electron chi connectivity index (χ0n) is 13.0. The molecule has 0 spiro atoms. The summed E-state index contributed by atoms with van der Waals surface area (Å²) in [6.45, 7) is 0. The van der Waals surface area contributed by atoms with Gasteiger partial charge in [0.15, 0.2) is 0 Å². The van der Waals surface area contributed by atoms with E-state index in [2.05, 4.69) is 10.4 Å².